The van der Waals surface area contributed by atoms with Crippen molar-refractivity contribution in [2.75, 3.05) is 0 Å². The summed E-state index contributed by atoms with van der Waals surface area (Å²) >= 11 is 11.1. The van der Waals surface area contributed by atoms with Crippen LogP contribution in [0.1, 0.15) is 12.0 Å². The number of aliphatic carboxylic acids is 1. The van der Waals surface area contributed by atoms with Crippen LogP contribution in [0.3, 0.4) is 0 Å². The Morgan fingerprint density at radius 3 is 2.40 bits per heavy atom. The second-order valence-electron chi connectivity index (χ2n) is 2.90. The van der Waals surface area contributed by atoms with Crippen molar-refractivity contribution < 1.29 is 18.7 Å². The fourth-order valence-corrected chi connectivity index (χ4v) is 1.31. The third-order valence-corrected chi connectivity index (χ3v) is 2.45. The minimum absolute atomic E-state index is 0.0285. The summed E-state index contributed by atoms with van der Waals surface area (Å²) in [6.45, 7) is 0. The van der Waals surface area contributed by atoms with E-state index in [-0.39, 0.29) is 10.0 Å². The van der Waals surface area contributed by atoms with Gasteiger partial charge in [0.15, 0.2) is 0 Å². The van der Waals surface area contributed by atoms with Crippen molar-refractivity contribution >= 4 is 29.2 Å². The Bertz CT molecular complexity index is 394. The highest BCUT2D eigenvalue weighted by atomic mass is 35.5. The van der Waals surface area contributed by atoms with E-state index in [1.165, 1.54) is 6.07 Å². The van der Waals surface area contributed by atoms with E-state index in [0.717, 1.165) is 12.1 Å². The molecular weight excluding hydrogens is 249 g/mol. The van der Waals surface area contributed by atoms with Crippen molar-refractivity contribution in [2.45, 2.75) is 12.3 Å². The standard InChI is InChI=1S/C9H6Cl2F2O2/c10-6-2-1-5(3-7(6)11)9(12,13)4-8(14)15/h1-3H,4H2,(H,14,15). The molecule has 1 rings (SSSR count). The Kier molecular flexibility index (Phi) is 3.52. The van der Waals surface area contributed by atoms with Crippen molar-refractivity contribution in [1.82, 2.24) is 0 Å². The first-order valence-electron chi connectivity index (χ1n) is 3.88. The molecule has 0 aliphatic carbocycles. The molecule has 0 aliphatic heterocycles. The van der Waals surface area contributed by atoms with E-state index < -0.39 is 23.9 Å². The molecule has 0 saturated carbocycles. The molecule has 1 aromatic carbocycles. The number of benzene rings is 1. The summed E-state index contributed by atoms with van der Waals surface area (Å²) < 4.78 is 26.5. The monoisotopic (exact) mass is 254 g/mol. The van der Waals surface area contributed by atoms with Crippen LogP contribution in [0.15, 0.2) is 18.2 Å². The molecule has 0 bridgehead atoms. The van der Waals surface area contributed by atoms with Crippen molar-refractivity contribution in [3.63, 3.8) is 0 Å². The van der Waals surface area contributed by atoms with Gasteiger partial charge >= 0.3 is 5.97 Å². The third kappa shape index (κ3) is 3.04. The lowest BCUT2D eigenvalue weighted by atomic mass is 10.1. The van der Waals surface area contributed by atoms with E-state index in [4.69, 9.17) is 28.3 Å². The molecular formula is C9H6Cl2F2O2. The first-order chi connectivity index (χ1) is 6.83. The number of alkyl halides is 2. The second kappa shape index (κ2) is 4.33. The van der Waals surface area contributed by atoms with Gasteiger partial charge in [-0.3, -0.25) is 4.79 Å². The molecule has 0 atom stereocenters. The molecule has 1 aromatic rings. The van der Waals surface area contributed by atoms with Crippen LogP contribution >= 0.6 is 23.2 Å². The Morgan fingerprint density at radius 2 is 1.93 bits per heavy atom. The van der Waals surface area contributed by atoms with Gasteiger partial charge in [0.25, 0.3) is 5.92 Å². The summed E-state index contributed by atoms with van der Waals surface area (Å²) in [6, 6.07) is 3.22. The lowest BCUT2D eigenvalue weighted by Gasteiger charge is -2.14. The van der Waals surface area contributed by atoms with Crippen LogP contribution in [0.2, 0.25) is 10.0 Å². The number of carboxylic acid groups (broad SMARTS) is 1. The molecule has 0 aliphatic rings. The summed E-state index contributed by atoms with van der Waals surface area (Å²) in [7, 11) is 0. The van der Waals surface area contributed by atoms with Crippen LogP contribution in [0, 0.1) is 0 Å². The van der Waals surface area contributed by atoms with Crippen LogP contribution in [0.5, 0.6) is 0 Å². The van der Waals surface area contributed by atoms with Crippen LogP contribution in [0.25, 0.3) is 0 Å². The summed E-state index contributed by atoms with van der Waals surface area (Å²) in [6.07, 6.45) is -1.27. The van der Waals surface area contributed by atoms with Gasteiger partial charge in [-0.25, -0.2) is 8.78 Å². The summed E-state index contributed by atoms with van der Waals surface area (Å²) in [5.41, 5.74) is -0.459. The van der Waals surface area contributed by atoms with Crippen molar-refractivity contribution in [1.29, 1.82) is 0 Å². The maximum atomic E-state index is 13.2. The SMILES string of the molecule is O=C(O)CC(F)(F)c1ccc(Cl)c(Cl)c1. The van der Waals surface area contributed by atoms with Gasteiger partial charge in [-0.2, -0.15) is 0 Å². The summed E-state index contributed by atoms with van der Waals surface area (Å²) in [5.74, 6) is -5.02. The van der Waals surface area contributed by atoms with Crippen molar-refractivity contribution in [3.8, 4) is 0 Å². The Balaban J connectivity index is 3.04. The van der Waals surface area contributed by atoms with Gasteiger partial charge in [-0.15, -0.1) is 0 Å². The molecule has 0 spiro atoms. The van der Waals surface area contributed by atoms with Gasteiger partial charge in [0, 0.05) is 5.56 Å². The molecule has 6 heteroatoms. The molecule has 0 heterocycles. The maximum Gasteiger partial charge on any atom is 0.309 e. The van der Waals surface area contributed by atoms with Crippen molar-refractivity contribution in [2.24, 2.45) is 0 Å². The van der Waals surface area contributed by atoms with Gasteiger partial charge < -0.3 is 5.11 Å². The smallest absolute Gasteiger partial charge is 0.309 e. The molecule has 0 unspecified atom stereocenters. The zero-order valence-electron chi connectivity index (χ0n) is 7.31. The van der Waals surface area contributed by atoms with Gasteiger partial charge in [0.05, 0.1) is 10.0 Å². The van der Waals surface area contributed by atoms with Gasteiger partial charge in [-0.05, 0) is 12.1 Å². The molecule has 0 amide bonds. The minimum Gasteiger partial charge on any atom is -0.481 e. The maximum absolute atomic E-state index is 13.2. The zero-order valence-corrected chi connectivity index (χ0v) is 8.82. The van der Waals surface area contributed by atoms with E-state index >= 15 is 0 Å². The number of halogens is 4. The topological polar surface area (TPSA) is 37.3 Å². The average molecular weight is 255 g/mol. The van der Waals surface area contributed by atoms with Gasteiger partial charge in [0.1, 0.15) is 6.42 Å². The van der Waals surface area contributed by atoms with E-state index in [1.54, 1.807) is 0 Å². The van der Waals surface area contributed by atoms with E-state index in [0.29, 0.717) is 0 Å². The number of rotatable bonds is 3. The van der Waals surface area contributed by atoms with Crippen LogP contribution in [-0.4, -0.2) is 11.1 Å². The first-order valence-corrected chi connectivity index (χ1v) is 4.63. The lowest BCUT2D eigenvalue weighted by Crippen LogP contribution is -2.18. The molecule has 82 valence electrons. The van der Waals surface area contributed by atoms with E-state index in [1.807, 2.05) is 0 Å². The molecule has 1 N–H and O–H groups in total. The Morgan fingerprint density at radius 1 is 1.33 bits per heavy atom. The number of carboxylic acids is 1. The molecule has 0 fully saturated rings. The number of hydrogen-bond donors (Lipinski definition) is 1. The molecule has 2 nitrogen and oxygen atoms in total. The average Bonchev–Trinajstić information content (AvgIpc) is 2.07. The van der Waals surface area contributed by atoms with Gasteiger partial charge in [0.2, 0.25) is 0 Å². The Hall–Kier alpha value is -0.870. The quantitative estimate of drug-likeness (QED) is 0.896. The largest absolute Gasteiger partial charge is 0.481 e. The highest BCUT2D eigenvalue weighted by Gasteiger charge is 2.34. The van der Waals surface area contributed by atoms with Crippen LogP contribution < -0.4 is 0 Å². The normalized spacial score (nSPS) is 11.5. The van der Waals surface area contributed by atoms with E-state index in [2.05, 4.69) is 0 Å². The molecule has 0 saturated heterocycles. The van der Waals surface area contributed by atoms with Crippen LogP contribution in [0.4, 0.5) is 8.78 Å². The summed E-state index contributed by atoms with van der Waals surface area (Å²) in [4.78, 5) is 10.2. The van der Waals surface area contributed by atoms with Gasteiger partial charge in [-0.1, -0.05) is 29.3 Å². The lowest BCUT2D eigenvalue weighted by molar-refractivity contribution is -0.145. The predicted molar refractivity (Wildman–Crippen MR) is 52.6 cm³/mol. The minimum atomic E-state index is -3.44. The number of hydrogen-bond acceptors (Lipinski definition) is 1. The van der Waals surface area contributed by atoms with E-state index in [9.17, 15) is 13.6 Å². The predicted octanol–water partition coefficient (Wildman–Crippen LogP) is 3.56. The molecule has 15 heavy (non-hydrogen) atoms. The highest BCUT2D eigenvalue weighted by Crippen LogP contribution is 2.35. The van der Waals surface area contributed by atoms with Crippen molar-refractivity contribution in [3.05, 3.63) is 33.8 Å². The summed E-state index contributed by atoms with van der Waals surface area (Å²) in [5, 5.41) is 8.41. The van der Waals surface area contributed by atoms with Crippen LogP contribution in [-0.2, 0) is 10.7 Å². The zero-order chi connectivity index (χ0) is 11.6. The second-order valence-corrected chi connectivity index (χ2v) is 3.72. The first kappa shape index (κ1) is 12.2. The number of carbonyl (C=O) groups is 1. The fourth-order valence-electron chi connectivity index (χ4n) is 1.02. The fraction of sp³-hybridized carbons (Fsp3) is 0.222. The molecule has 0 aromatic heterocycles. The molecule has 0 radical (unpaired) electrons. The highest BCUT2D eigenvalue weighted by molar-refractivity contribution is 6.42. The third-order valence-electron chi connectivity index (χ3n) is 1.72. The Labute approximate surface area is 94.4 Å².